The van der Waals surface area contributed by atoms with Gasteiger partial charge in [-0.05, 0) is 31.6 Å². The third-order valence-corrected chi connectivity index (χ3v) is 4.02. The summed E-state index contributed by atoms with van der Waals surface area (Å²) in [6, 6.07) is 0. The minimum Gasteiger partial charge on any atom is -0.368 e. The molecule has 20 heavy (non-hydrogen) atoms. The molecule has 110 valence electrons. The molecule has 1 aromatic heterocycles. The fraction of sp³-hybridized carbons (Fsp3) is 0.692. The number of piperidine rings is 1. The molecule has 0 aromatic carbocycles. The first-order chi connectivity index (χ1) is 9.40. The van der Waals surface area contributed by atoms with E-state index >= 15 is 0 Å². The highest BCUT2D eigenvalue weighted by Gasteiger charge is 2.29. The average molecular weight is 279 g/mol. The Morgan fingerprint density at radius 2 is 1.95 bits per heavy atom. The average Bonchev–Trinajstić information content (AvgIpc) is 2.37. The number of nitrogen functional groups attached to an aromatic ring is 1. The Morgan fingerprint density at radius 1 is 1.35 bits per heavy atom. The molecule has 2 heterocycles. The summed E-state index contributed by atoms with van der Waals surface area (Å²) in [6.07, 6.45) is 2.05. The molecule has 1 saturated heterocycles. The van der Waals surface area contributed by atoms with Crippen LogP contribution in [0.4, 0.5) is 17.5 Å². The molecule has 1 aliphatic heterocycles. The number of hydrogen-bond donors (Lipinski definition) is 1. The predicted molar refractivity (Wildman–Crippen MR) is 77.6 cm³/mol. The summed E-state index contributed by atoms with van der Waals surface area (Å²) in [4.78, 5) is 20.8. The summed E-state index contributed by atoms with van der Waals surface area (Å²) < 4.78 is 0. The molecular weight excluding hydrogens is 258 g/mol. The number of aryl methyl sites for hydroxylation is 1. The van der Waals surface area contributed by atoms with Gasteiger partial charge in [0.15, 0.2) is 0 Å². The summed E-state index contributed by atoms with van der Waals surface area (Å²) in [7, 11) is 0. The summed E-state index contributed by atoms with van der Waals surface area (Å²) in [6.45, 7) is 7.59. The van der Waals surface area contributed by atoms with E-state index in [0.29, 0.717) is 23.3 Å². The summed E-state index contributed by atoms with van der Waals surface area (Å²) >= 11 is 0. The van der Waals surface area contributed by atoms with Gasteiger partial charge in [0.1, 0.15) is 5.69 Å². The molecule has 0 aliphatic carbocycles. The van der Waals surface area contributed by atoms with E-state index in [2.05, 4.69) is 23.8 Å². The lowest BCUT2D eigenvalue weighted by atomic mass is 9.87. The van der Waals surface area contributed by atoms with Gasteiger partial charge in [0.05, 0.1) is 4.92 Å². The van der Waals surface area contributed by atoms with Crippen LogP contribution in [-0.2, 0) is 0 Å². The number of aromatic nitrogens is 2. The molecule has 1 aromatic rings. The molecule has 0 spiro atoms. The highest BCUT2D eigenvalue weighted by atomic mass is 16.6. The van der Waals surface area contributed by atoms with E-state index in [0.717, 1.165) is 25.9 Å². The van der Waals surface area contributed by atoms with Gasteiger partial charge < -0.3 is 10.6 Å². The van der Waals surface area contributed by atoms with Gasteiger partial charge in [-0.25, -0.2) is 4.98 Å². The lowest BCUT2D eigenvalue weighted by molar-refractivity contribution is -0.385. The van der Waals surface area contributed by atoms with Crippen molar-refractivity contribution < 1.29 is 4.92 Å². The Kier molecular flexibility index (Phi) is 4.06. The van der Waals surface area contributed by atoms with Crippen molar-refractivity contribution >= 4 is 17.5 Å². The lowest BCUT2D eigenvalue weighted by Gasteiger charge is -2.34. The second-order valence-corrected chi connectivity index (χ2v) is 5.67. The van der Waals surface area contributed by atoms with E-state index in [1.54, 1.807) is 6.92 Å². The Morgan fingerprint density at radius 3 is 2.45 bits per heavy atom. The third kappa shape index (κ3) is 2.81. The quantitative estimate of drug-likeness (QED) is 0.672. The first kappa shape index (κ1) is 14.5. The Labute approximate surface area is 118 Å². The lowest BCUT2D eigenvalue weighted by Crippen LogP contribution is -2.36. The molecule has 2 N–H and O–H groups in total. The van der Waals surface area contributed by atoms with Crippen molar-refractivity contribution in [2.24, 2.45) is 11.8 Å². The van der Waals surface area contributed by atoms with Crippen molar-refractivity contribution in [2.45, 2.75) is 33.6 Å². The van der Waals surface area contributed by atoms with Crippen LogP contribution in [0.5, 0.6) is 0 Å². The van der Waals surface area contributed by atoms with Gasteiger partial charge >= 0.3 is 5.69 Å². The van der Waals surface area contributed by atoms with Crippen LogP contribution in [0.1, 0.15) is 32.4 Å². The van der Waals surface area contributed by atoms with Gasteiger partial charge in [-0.15, -0.1) is 0 Å². The van der Waals surface area contributed by atoms with Crippen LogP contribution in [0, 0.1) is 28.9 Å². The highest BCUT2D eigenvalue weighted by Crippen LogP contribution is 2.33. The number of nitrogens with zero attached hydrogens (tertiary/aromatic N) is 4. The standard InChI is InChI=1S/C13H21N5O2/c1-8(2)10-4-6-17(7-5-10)12-11(18(19)20)9(3)15-13(14)16-12/h8,10H,4-7H2,1-3H3,(H2,14,15,16). The molecule has 1 fully saturated rings. The van der Waals surface area contributed by atoms with E-state index in [4.69, 9.17) is 5.73 Å². The molecule has 0 bridgehead atoms. The minimum absolute atomic E-state index is 0.0257. The number of nitro groups is 1. The zero-order chi connectivity index (χ0) is 14.9. The van der Waals surface area contributed by atoms with Gasteiger partial charge in [-0.3, -0.25) is 10.1 Å². The SMILES string of the molecule is Cc1nc(N)nc(N2CCC(C(C)C)CC2)c1[N+](=O)[O-]. The van der Waals surface area contributed by atoms with Crippen molar-refractivity contribution in [3.8, 4) is 0 Å². The maximum atomic E-state index is 11.2. The van der Waals surface area contributed by atoms with E-state index in [1.165, 1.54) is 0 Å². The van der Waals surface area contributed by atoms with Crippen LogP contribution in [0.2, 0.25) is 0 Å². The van der Waals surface area contributed by atoms with Crippen LogP contribution in [-0.4, -0.2) is 28.0 Å². The normalized spacial score (nSPS) is 16.7. The highest BCUT2D eigenvalue weighted by molar-refractivity contribution is 5.62. The van der Waals surface area contributed by atoms with Gasteiger partial charge in [0.2, 0.25) is 11.8 Å². The third-order valence-electron chi connectivity index (χ3n) is 4.02. The molecule has 0 atom stereocenters. The number of hydrogen-bond acceptors (Lipinski definition) is 6. The molecular formula is C13H21N5O2. The largest absolute Gasteiger partial charge is 0.368 e. The van der Waals surface area contributed by atoms with Gasteiger partial charge in [0, 0.05) is 13.1 Å². The maximum Gasteiger partial charge on any atom is 0.332 e. The van der Waals surface area contributed by atoms with Gasteiger partial charge in [0.25, 0.3) is 0 Å². The van der Waals surface area contributed by atoms with Crippen molar-refractivity contribution in [1.29, 1.82) is 0 Å². The van der Waals surface area contributed by atoms with E-state index in [-0.39, 0.29) is 11.6 Å². The van der Waals surface area contributed by atoms with E-state index in [9.17, 15) is 10.1 Å². The fourth-order valence-electron chi connectivity index (χ4n) is 2.79. The molecule has 0 saturated carbocycles. The topological polar surface area (TPSA) is 98.2 Å². The Balaban J connectivity index is 2.27. The Bertz CT molecular complexity index is 510. The van der Waals surface area contributed by atoms with E-state index in [1.807, 2.05) is 4.90 Å². The molecule has 7 nitrogen and oxygen atoms in total. The van der Waals surface area contributed by atoms with Crippen LogP contribution in [0.25, 0.3) is 0 Å². The fourth-order valence-corrected chi connectivity index (χ4v) is 2.79. The second kappa shape index (κ2) is 5.60. The zero-order valence-corrected chi connectivity index (χ0v) is 12.2. The number of anilines is 2. The van der Waals surface area contributed by atoms with Crippen molar-refractivity contribution in [1.82, 2.24) is 9.97 Å². The van der Waals surface area contributed by atoms with Crippen LogP contribution < -0.4 is 10.6 Å². The van der Waals surface area contributed by atoms with Crippen LogP contribution in [0.3, 0.4) is 0 Å². The zero-order valence-electron chi connectivity index (χ0n) is 12.2. The summed E-state index contributed by atoms with van der Waals surface area (Å²) in [5, 5.41) is 11.2. The van der Waals surface area contributed by atoms with Crippen molar-refractivity contribution in [3.05, 3.63) is 15.8 Å². The van der Waals surface area contributed by atoms with Crippen LogP contribution >= 0.6 is 0 Å². The number of rotatable bonds is 3. The predicted octanol–water partition coefficient (Wildman–Crippen LogP) is 2.15. The van der Waals surface area contributed by atoms with Crippen molar-refractivity contribution in [2.75, 3.05) is 23.7 Å². The first-order valence-electron chi connectivity index (χ1n) is 6.93. The summed E-state index contributed by atoms with van der Waals surface area (Å²) in [5.74, 6) is 1.77. The number of nitrogens with two attached hydrogens (primary N) is 1. The molecule has 1 aliphatic rings. The smallest absolute Gasteiger partial charge is 0.332 e. The van der Waals surface area contributed by atoms with Gasteiger partial charge in [-0.1, -0.05) is 13.8 Å². The van der Waals surface area contributed by atoms with Gasteiger partial charge in [-0.2, -0.15) is 4.98 Å². The summed E-state index contributed by atoms with van der Waals surface area (Å²) in [5.41, 5.74) is 5.94. The molecule has 0 radical (unpaired) electrons. The Hall–Kier alpha value is -1.92. The maximum absolute atomic E-state index is 11.2. The molecule has 7 heteroatoms. The molecule has 2 rings (SSSR count). The monoisotopic (exact) mass is 279 g/mol. The van der Waals surface area contributed by atoms with Crippen molar-refractivity contribution in [3.63, 3.8) is 0 Å². The first-order valence-corrected chi connectivity index (χ1v) is 6.93. The van der Waals surface area contributed by atoms with Crippen LogP contribution in [0.15, 0.2) is 0 Å². The minimum atomic E-state index is -0.418. The van der Waals surface area contributed by atoms with E-state index < -0.39 is 4.92 Å². The molecule has 0 amide bonds. The second-order valence-electron chi connectivity index (χ2n) is 5.67. The molecule has 0 unspecified atom stereocenters.